The van der Waals surface area contributed by atoms with Gasteiger partial charge in [0, 0.05) is 17.7 Å². The number of benzene rings is 2. The van der Waals surface area contributed by atoms with E-state index in [2.05, 4.69) is 22.0 Å². The van der Waals surface area contributed by atoms with E-state index in [9.17, 15) is 4.79 Å². The van der Waals surface area contributed by atoms with Crippen molar-refractivity contribution in [2.45, 2.75) is 19.9 Å². The van der Waals surface area contributed by atoms with E-state index in [-0.39, 0.29) is 11.6 Å². The molecular weight excluding hydrogens is 360 g/mol. The Morgan fingerprint density at radius 2 is 1.52 bits per heavy atom. The molecule has 2 aromatic carbocycles. The van der Waals surface area contributed by atoms with Crippen molar-refractivity contribution in [2.24, 2.45) is 0 Å². The molecule has 0 spiro atoms. The Hall–Kier alpha value is -3.91. The Morgan fingerprint density at radius 3 is 2.21 bits per heavy atom. The van der Waals surface area contributed by atoms with Crippen molar-refractivity contribution >= 4 is 0 Å². The van der Waals surface area contributed by atoms with Crippen molar-refractivity contribution in [3.05, 3.63) is 100 Å². The lowest BCUT2D eigenvalue weighted by atomic mass is 10.2. The maximum atomic E-state index is 12.1. The van der Waals surface area contributed by atoms with Crippen LogP contribution < -0.4 is 5.56 Å². The molecule has 0 bridgehead atoms. The lowest BCUT2D eigenvalue weighted by Crippen LogP contribution is -2.24. The highest BCUT2D eigenvalue weighted by Crippen LogP contribution is 2.22. The molecular formula is C24H20N4O. The zero-order chi connectivity index (χ0) is 20.2. The van der Waals surface area contributed by atoms with E-state index in [0.29, 0.717) is 11.4 Å². The van der Waals surface area contributed by atoms with Gasteiger partial charge in [-0.25, -0.2) is 9.36 Å². The molecule has 0 aliphatic carbocycles. The van der Waals surface area contributed by atoms with Crippen molar-refractivity contribution in [3.63, 3.8) is 0 Å². The largest absolute Gasteiger partial charge is 0.268 e. The van der Waals surface area contributed by atoms with Crippen LogP contribution in [-0.4, -0.2) is 19.6 Å². The molecule has 0 unspecified atom stereocenters. The summed E-state index contributed by atoms with van der Waals surface area (Å²) in [6.07, 6.45) is 0. The number of nitrogens with zero attached hydrogens (tertiary/aromatic N) is 4. The van der Waals surface area contributed by atoms with Crippen molar-refractivity contribution < 1.29 is 0 Å². The molecule has 0 radical (unpaired) electrons. The minimum absolute atomic E-state index is 0.0344. The summed E-state index contributed by atoms with van der Waals surface area (Å²) in [5, 5.41) is 9.24. The van der Waals surface area contributed by atoms with Gasteiger partial charge in [-0.05, 0) is 50.1 Å². The summed E-state index contributed by atoms with van der Waals surface area (Å²) in [4.78, 5) is 12.1. The van der Waals surface area contributed by atoms with Crippen LogP contribution in [0.15, 0.2) is 83.7 Å². The molecule has 4 aromatic rings. The van der Waals surface area contributed by atoms with E-state index in [1.807, 2.05) is 85.3 Å². The predicted molar refractivity (Wildman–Crippen MR) is 114 cm³/mol. The van der Waals surface area contributed by atoms with Crippen LogP contribution in [-0.2, 0) is 0 Å². The Balaban J connectivity index is 1.85. The average molecular weight is 380 g/mol. The Morgan fingerprint density at radius 1 is 0.828 bits per heavy atom. The molecule has 5 nitrogen and oxygen atoms in total. The summed E-state index contributed by atoms with van der Waals surface area (Å²) in [5.41, 5.74) is 3.79. The van der Waals surface area contributed by atoms with Crippen LogP contribution in [0.25, 0.3) is 17.1 Å². The topological polar surface area (TPSA) is 52.7 Å². The molecule has 142 valence electrons. The lowest BCUT2D eigenvalue weighted by Gasteiger charge is -2.11. The summed E-state index contributed by atoms with van der Waals surface area (Å²) in [5.74, 6) is 6.27. The summed E-state index contributed by atoms with van der Waals surface area (Å²) >= 11 is 0. The van der Waals surface area contributed by atoms with E-state index in [1.54, 1.807) is 12.1 Å². The van der Waals surface area contributed by atoms with Gasteiger partial charge in [-0.2, -0.15) is 10.2 Å². The summed E-state index contributed by atoms with van der Waals surface area (Å²) in [6.45, 7) is 3.87. The molecule has 0 aliphatic rings. The van der Waals surface area contributed by atoms with E-state index >= 15 is 0 Å². The van der Waals surface area contributed by atoms with Gasteiger partial charge >= 0.3 is 0 Å². The predicted octanol–water partition coefficient (Wildman–Crippen LogP) is 4.08. The molecule has 0 saturated carbocycles. The summed E-state index contributed by atoms with van der Waals surface area (Å²) in [6, 6.07) is 24.8. The minimum Gasteiger partial charge on any atom is -0.268 e. The number of aromatic nitrogens is 4. The first-order valence-electron chi connectivity index (χ1n) is 9.44. The molecule has 5 heteroatoms. The first-order chi connectivity index (χ1) is 14.1. The highest BCUT2D eigenvalue weighted by atomic mass is 16.1. The zero-order valence-electron chi connectivity index (χ0n) is 16.3. The second-order valence-corrected chi connectivity index (χ2v) is 6.87. The molecule has 2 aromatic heterocycles. The Bertz CT molecular complexity index is 1240. The first kappa shape index (κ1) is 18.5. The lowest BCUT2D eigenvalue weighted by molar-refractivity contribution is 0.504. The molecule has 29 heavy (non-hydrogen) atoms. The summed E-state index contributed by atoms with van der Waals surface area (Å²) in [7, 11) is 0. The van der Waals surface area contributed by atoms with E-state index < -0.39 is 0 Å². The van der Waals surface area contributed by atoms with Crippen LogP contribution in [0.1, 0.15) is 31.1 Å². The van der Waals surface area contributed by atoms with E-state index in [1.165, 1.54) is 4.68 Å². The van der Waals surface area contributed by atoms with Crippen LogP contribution in [0.2, 0.25) is 0 Å². The Kier molecular flexibility index (Phi) is 5.08. The number of rotatable bonds is 3. The van der Waals surface area contributed by atoms with Crippen molar-refractivity contribution in [1.82, 2.24) is 19.6 Å². The smallest absolute Gasteiger partial charge is 0.267 e. The van der Waals surface area contributed by atoms with Gasteiger partial charge < -0.3 is 0 Å². The number of hydrogen-bond acceptors (Lipinski definition) is 3. The van der Waals surface area contributed by atoms with E-state index in [0.717, 1.165) is 16.9 Å². The molecule has 0 aliphatic heterocycles. The van der Waals surface area contributed by atoms with Gasteiger partial charge in [0.2, 0.25) is 0 Å². The second kappa shape index (κ2) is 7.99. The number of hydrogen-bond donors (Lipinski definition) is 0. The third kappa shape index (κ3) is 4.02. The fraction of sp³-hybridized carbons (Fsp3) is 0.125. The molecule has 4 rings (SSSR count). The third-order valence-corrected chi connectivity index (χ3v) is 4.40. The molecule has 0 fully saturated rings. The van der Waals surface area contributed by atoms with Gasteiger partial charge in [-0.15, -0.1) is 0 Å². The van der Waals surface area contributed by atoms with Crippen LogP contribution in [0.4, 0.5) is 0 Å². The molecule has 0 saturated heterocycles. The van der Waals surface area contributed by atoms with Gasteiger partial charge in [0.15, 0.2) is 0 Å². The highest BCUT2D eigenvalue weighted by Gasteiger charge is 2.14. The first-order valence-corrected chi connectivity index (χ1v) is 9.44. The van der Waals surface area contributed by atoms with Crippen molar-refractivity contribution in [1.29, 1.82) is 0 Å². The average Bonchev–Trinajstić information content (AvgIpc) is 3.18. The maximum absolute atomic E-state index is 12.1. The normalized spacial score (nSPS) is 10.6. The monoisotopic (exact) mass is 380 g/mol. The molecule has 0 atom stereocenters. The fourth-order valence-electron chi connectivity index (χ4n) is 2.98. The van der Waals surface area contributed by atoms with Crippen LogP contribution >= 0.6 is 0 Å². The molecule has 0 N–H and O–H groups in total. The van der Waals surface area contributed by atoms with Gasteiger partial charge in [0.05, 0.1) is 17.4 Å². The van der Waals surface area contributed by atoms with Gasteiger partial charge in [-0.3, -0.25) is 4.79 Å². The third-order valence-electron chi connectivity index (χ3n) is 4.40. The second-order valence-electron chi connectivity index (χ2n) is 6.87. The Labute approximate surface area is 169 Å². The minimum atomic E-state index is -0.126. The quantitative estimate of drug-likeness (QED) is 0.503. The standard InChI is InChI=1S/C24H20N4O/c1-18(2)27-24(29)16-15-22(26-27)23-17-20(14-13-19-9-5-3-6-10-19)25-28(23)21-11-7-4-8-12-21/h3-12,15-18H,1-2H3. The van der Waals surface area contributed by atoms with E-state index in [4.69, 9.17) is 0 Å². The highest BCUT2D eigenvalue weighted by molar-refractivity contribution is 5.60. The molecule has 2 heterocycles. The van der Waals surface area contributed by atoms with Crippen molar-refractivity contribution in [3.8, 4) is 28.9 Å². The SMILES string of the molecule is CC(C)n1nc(-c2cc(C#Cc3ccccc3)nn2-c2ccccc2)ccc1=O. The zero-order valence-corrected chi connectivity index (χ0v) is 16.3. The maximum Gasteiger partial charge on any atom is 0.267 e. The van der Waals surface area contributed by atoms with Crippen LogP contribution in [0, 0.1) is 11.8 Å². The van der Waals surface area contributed by atoms with Gasteiger partial charge in [-0.1, -0.05) is 42.3 Å². The van der Waals surface area contributed by atoms with Crippen LogP contribution in [0.3, 0.4) is 0 Å². The van der Waals surface area contributed by atoms with Gasteiger partial charge in [0.25, 0.3) is 5.56 Å². The summed E-state index contributed by atoms with van der Waals surface area (Å²) < 4.78 is 3.29. The fourth-order valence-corrected chi connectivity index (χ4v) is 2.98. The number of para-hydroxylation sites is 1. The molecule has 0 amide bonds. The van der Waals surface area contributed by atoms with Crippen molar-refractivity contribution in [2.75, 3.05) is 0 Å². The van der Waals surface area contributed by atoms with Gasteiger partial charge in [0.1, 0.15) is 11.4 Å². The van der Waals surface area contributed by atoms with Crippen LogP contribution in [0.5, 0.6) is 0 Å².